The normalized spacial score (nSPS) is 11.5. The van der Waals surface area contributed by atoms with E-state index >= 15 is 0 Å². The number of rotatable bonds is 8. The molecule has 0 saturated carbocycles. The van der Waals surface area contributed by atoms with Gasteiger partial charge in [0.2, 0.25) is 0 Å². The average molecular weight is 406 g/mol. The van der Waals surface area contributed by atoms with Gasteiger partial charge in [0.1, 0.15) is 5.78 Å². The van der Waals surface area contributed by atoms with Crippen LogP contribution in [0, 0.1) is 0 Å². The van der Waals surface area contributed by atoms with Gasteiger partial charge in [0.05, 0.1) is 11.3 Å². The van der Waals surface area contributed by atoms with Gasteiger partial charge >= 0.3 is 5.97 Å². The Balaban J connectivity index is 1.95. The number of carbonyl (C=O) groups is 3. The topological polar surface area (TPSA) is 72.5 Å². The van der Waals surface area contributed by atoms with Crippen molar-refractivity contribution < 1.29 is 19.1 Å². The van der Waals surface area contributed by atoms with E-state index in [4.69, 9.17) is 16.3 Å². The van der Waals surface area contributed by atoms with E-state index in [0.717, 1.165) is 5.56 Å². The molecule has 7 heteroatoms. The van der Waals surface area contributed by atoms with Crippen molar-refractivity contribution in [2.75, 3.05) is 5.75 Å². The van der Waals surface area contributed by atoms with Crippen molar-refractivity contribution in [1.29, 1.82) is 0 Å². The molecule has 142 valence electrons. The van der Waals surface area contributed by atoms with Crippen LogP contribution in [0.15, 0.2) is 53.4 Å². The van der Waals surface area contributed by atoms with Crippen LogP contribution >= 0.6 is 23.4 Å². The number of ketones is 1. The third kappa shape index (κ3) is 6.41. The molecular formula is C20H20ClNO4S. The minimum atomic E-state index is -0.967. The minimum absolute atomic E-state index is 0.00971. The summed E-state index contributed by atoms with van der Waals surface area (Å²) >= 11 is 7.32. The SMILES string of the molecule is CC(=O)CSc1ccccc1C(=O)O[C@H](C)C(=O)NCc1ccccc1Cl. The zero-order valence-electron chi connectivity index (χ0n) is 15.0. The van der Waals surface area contributed by atoms with Gasteiger partial charge in [-0.15, -0.1) is 11.8 Å². The fourth-order valence-corrected chi connectivity index (χ4v) is 3.23. The second-order valence-electron chi connectivity index (χ2n) is 5.84. The van der Waals surface area contributed by atoms with Crippen molar-refractivity contribution in [3.63, 3.8) is 0 Å². The molecule has 27 heavy (non-hydrogen) atoms. The van der Waals surface area contributed by atoms with Gasteiger partial charge in [0.15, 0.2) is 6.10 Å². The molecule has 0 saturated heterocycles. The number of carbonyl (C=O) groups excluding carboxylic acids is 3. The molecule has 5 nitrogen and oxygen atoms in total. The zero-order valence-corrected chi connectivity index (χ0v) is 16.6. The number of hydrogen-bond acceptors (Lipinski definition) is 5. The van der Waals surface area contributed by atoms with Crippen LogP contribution in [0.3, 0.4) is 0 Å². The van der Waals surface area contributed by atoms with E-state index in [1.54, 1.807) is 36.4 Å². The number of nitrogens with one attached hydrogen (secondary N) is 1. The summed E-state index contributed by atoms with van der Waals surface area (Å²) in [5.41, 5.74) is 1.10. The fourth-order valence-electron chi connectivity index (χ4n) is 2.19. The van der Waals surface area contributed by atoms with Crippen LogP contribution in [0.4, 0.5) is 0 Å². The first-order valence-electron chi connectivity index (χ1n) is 8.32. The number of halogens is 1. The fraction of sp³-hybridized carbons (Fsp3) is 0.250. The summed E-state index contributed by atoms with van der Waals surface area (Å²) in [6, 6.07) is 14.0. The van der Waals surface area contributed by atoms with Gasteiger partial charge in [-0.3, -0.25) is 9.59 Å². The van der Waals surface area contributed by atoms with Crippen LogP contribution < -0.4 is 5.32 Å². The third-order valence-corrected chi connectivity index (χ3v) is 5.19. The van der Waals surface area contributed by atoms with Gasteiger partial charge in [-0.05, 0) is 37.6 Å². The van der Waals surface area contributed by atoms with E-state index in [9.17, 15) is 14.4 Å². The summed E-state index contributed by atoms with van der Waals surface area (Å²) < 4.78 is 5.28. The number of Topliss-reactive ketones (excluding diaryl/α,β-unsaturated/α-hetero) is 1. The molecule has 1 N–H and O–H groups in total. The number of ether oxygens (including phenoxy) is 1. The van der Waals surface area contributed by atoms with Crippen molar-refractivity contribution in [3.05, 3.63) is 64.7 Å². The van der Waals surface area contributed by atoms with Crippen LogP contribution in [0.2, 0.25) is 5.02 Å². The summed E-state index contributed by atoms with van der Waals surface area (Å²) in [4.78, 5) is 36.5. The highest BCUT2D eigenvalue weighted by molar-refractivity contribution is 8.00. The lowest BCUT2D eigenvalue weighted by Crippen LogP contribution is -2.35. The van der Waals surface area contributed by atoms with Crippen LogP contribution in [0.1, 0.15) is 29.8 Å². The lowest BCUT2D eigenvalue weighted by Gasteiger charge is -2.15. The Morgan fingerprint density at radius 2 is 1.78 bits per heavy atom. The quantitative estimate of drug-likeness (QED) is 0.533. The Hall–Kier alpha value is -2.31. The van der Waals surface area contributed by atoms with Gasteiger partial charge in [0.25, 0.3) is 5.91 Å². The first kappa shape index (κ1) is 21.0. The van der Waals surface area contributed by atoms with Gasteiger partial charge in [0, 0.05) is 16.5 Å². The predicted octanol–water partition coefficient (Wildman–Crippen LogP) is 3.88. The van der Waals surface area contributed by atoms with Crippen LogP contribution in [-0.2, 0) is 20.9 Å². The molecule has 0 aliphatic heterocycles. The average Bonchev–Trinajstić information content (AvgIpc) is 2.65. The maximum atomic E-state index is 12.4. The molecule has 0 aromatic heterocycles. The molecule has 2 aromatic rings. The number of thioether (sulfide) groups is 1. The van der Waals surface area contributed by atoms with E-state index in [0.29, 0.717) is 15.5 Å². The number of benzene rings is 2. The molecule has 2 rings (SSSR count). The van der Waals surface area contributed by atoms with Crippen molar-refractivity contribution in [2.45, 2.75) is 31.4 Å². The van der Waals surface area contributed by atoms with Crippen molar-refractivity contribution >= 4 is 41.0 Å². The highest BCUT2D eigenvalue weighted by Crippen LogP contribution is 2.23. The maximum Gasteiger partial charge on any atom is 0.340 e. The Labute approximate surface area is 167 Å². The molecule has 0 spiro atoms. The number of esters is 1. The second kappa shape index (κ2) is 10.1. The molecule has 0 fully saturated rings. The summed E-state index contributed by atoms with van der Waals surface area (Å²) in [6.45, 7) is 3.23. The molecule has 0 bridgehead atoms. The predicted molar refractivity (Wildman–Crippen MR) is 106 cm³/mol. The first-order valence-corrected chi connectivity index (χ1v) is 9.68. The summed E-state index contributed by atoms with van der Waals surface area (Å²) in [6.07, 6.45) is -0.967. The number of amides is 1. The number of hydrogen-bond donors (Lipinski definition) is 1. The zero-order chi connectivity index (χ0) is 19.8. The van der Waals surface area contributed by atoms with Crippen LogP contribution in [-0.4, -0.2) is 29.5 Å². The van der Waals surface area contributed by atoms with Gasteiger partial charge in [-0.2, -0.15) is 0 Å². The largest absolute Gasteiger partial charge is 0.449 e. The molecular weight excluding hydrogens is 386 g/mol. The highest BCUT2D eigenvalue weighted by Gasteiger charge is 2.21. The molecule has 0 aliphatic carbocycles. The highest BCUT2D eigenvalue weighted by atomic mass is 35.5. The molecule has 2 aromatic carbocycles. The minimum Gasteiger partial charge on any atom is -0.449 e. The maximum absolute atomic E-state index is 12.4. The van der Waals surface area contributed by atoms with Gasteiger partial charge in [-0.25, -0.2) is 4.79 Å². The van der Waals surface area contributed by atoms with E-state index in [1.165, 1.54) is 25.6 Å². The monoisotopic (exact) mass is 405 g/mol. The van der Waals surface area contributed by atoms with Crippen molar-refractivity contribution in [1.82, 2.24) is 5.32 Å². The molecule has 0 unspecified atom stereocenters. The standard InChI is InChI=1S/C20H20ClNO4S/c1-13(23)12-27-18-10-6-4-8-16(18)20(25)26-14(2)19(24)22-11-15-7-3-5-9-17(15)21/h3-10,14H,11-12H2,1-2H3,(H,22,24)/t14-/m1/s1. The van der Waals surface area contributed by atoms with Gasteiger partial charge < -0.3 is 10.1 Å². The molecule has 0 radical (unpaired) electrons. The smallest absolute Gasteiger partial charge is 0.340 e. The summed E-state index contributed by atoms with van der Waals surface area (Å²) in [7, 11) is 0. The van der Waals surface area contributed by atoms with E-state index < -0.39 is 18.0 Å². The third-order valence-electron chi connectivity index (χ3n) is 3.60. The van der Waals surface area contributed by atoms with Crippen LogP contribution in [0.25, 0.3) is 0 Å². The van der Waals surface area contributed by atoms with E-state index in [1.807, 2.05) is 12.1 Å². The van der Waals surface area contributed by atoms with E-state index in [2.05, 4.69) is 5.32 Å². The van der Waals surface area contributed by atoms with Gasteiger partial charge in [-0.1, -0.05) is 41.9 Å². The van der Waals surface area contributed by atoms with Crippen molar-refractivity contribution in [3.8, 4) is 0 Å². The molecule has 1 atom stereocenters. The Morgan fingerprint density at radius 3 is 2.48 bits per heavy atom. The van der Waals surface area contributed by atoms with Crippen molar-refractivity contribution in [2.24, 2.45) is 0 Å². The Kier molecular flexibility index (Phi) is 7.88. The second-order valence-corrected chi connectivity index (χ2v) is 7.27. The van der Waals surface area contributed by atoms with Crippen LogP contribution in [0.5, 0.6) is 0 Å². The molecule has 0 heterocycles. The molecule has 1 amide bonds. The summed E-state index contributed by atoms with van der Waals surface area (Å²) in [5, 5.41) is 3.26. The Morgan fingerprint density at radius 1 is 1.11 bits per heavy atom. The Bertz CT molecular complexity index is 840. The molecule has 0 aliphatic rings. The first-order chi connectivity index (χ1) is 12.9. The lowest BCUT2D eigenvalue weighted by molar-refractivity contribution is -0.129. The van der Waals surface area contributed by atoms with E-state index in [-0.39, 0.29) is 18.1 Å². The summed E-state index contributed by atoms with van der Waals surface area (Å²) in [5.74, 6) is -0.757. The lowest BCUT2D eigenvalue weighted by atomic mass is 10.2.